The average molecular weight is 228 g/mol. The van der Waals surface area contributed by atoms with Gasteiger partial charge in [0.1, 0.15) is 5.41 Å². The van der Waals surface area contributed by atoms with Gasteiger partial charge in [-0.2, -0.15) is 0 Å². The van der Waals surface area contributed by atoms with Gasteiger partial charge in [-0.1, -0.05) is 6.92 Å². The number of carboxylic acids is 1. The van der Waals surface area contributed by atoms with Gasteiger partial charge in [0.15, 0.2) is 0 Å². The monoisotopic (exact) mass is 228 g/mol. The summed E-state index contributed by atoms with van der Waals surface area (Å²) in [6.45, 7) is 3.99. The fourth-order valence-electron chi connectivity index (χ4n) is 2.94. The second-order valence-electron chi connectivity index (χ2n) is 5.25. The van der Waals surface area contributed by atoms with Gasteiger partial charge in [-0.3, -0.25) is 4.79 Å². The van der Waals surface area contributed by atoms with Crippen molar-refractivity contribution < 1.29 is 19.7 Å². The fraction of sp³-hybridized carbons (Fsp3) is 0.917. The van der Waals surface area contributed by atoms with Crippen LogP contribution in [0.4, 0.5) is 0 Å². The minimum absolute atomic E-state index is 0.199. The third-order valence-corrected chi connectivity index (χ3v) is 4.31. The van der Waals surface area contributed by atoms with Crippen molar-refractivity contribution in [2.24, 2.45) is 17.3 Å². The normalized spacial score (nSPS) is 38.3. The molecule has 4 atom stereocenters. The molecule has 92 valence electrons. The largest absolute Gasteiger partial charge is 0.481 e. The molecule has 1 heterocycles. The Morgan fingerprint density at radius 1 is 1.44 bits per heavy atom. The quantitative estimate of drug-likeness (QED) is 0.760. The summed E-state index contributed by atoms with van der Waals surface area (Å²) in [6.07, 6.45) is 1.84. The summed E-state index contributed by atoms with van der Waals surface area (Å²) in [4.78, 5) is 11.6. The van der Waals surface area contributed by atoms with Crippen molar-refractivity contribution in [2.45, 2.75) is 45.3 Å². The molecule has 4 heteroatoms. The predicted octanol–water partition coefficient (Wildman–Crippen LogP) is 1.27. The molecule has 1 saturated heterocycles. The summed E-state index contributed by atoms with van der Waals surface area (Å²) in [6, 6.07) is 0. The average Bonchev–Trinajstić information content (AvgIpc) is 2.96. The molecule has 0 bridgehead atoms. The van der Waals surface area contributed by atoms with E-state index in [1.165, 1.54) is 0 Å². The van der Waals surface area contributed by atoms with Crippen molar-refractivity contribution in [3.05, 3.63) is 0 Å². The highest BCUT2D eigenvalue weighted by Crippen LogP contribution is 2.52. The van der Waals surface area contributed by atoms with Gasteiger partial charge in [0.2, 0.25) is 0 Å². The maximum absolute atomic E-state index is 11.6. The zero-order valence-electron chi connectivity index (χ0n) is 9.85. The van der Waals surface area contributed by atoms with Crippen LogP contribution in [-0.2, 0) is 9.53 Å². The Balaban J connectivity index is 2.29. The third kappa shape index (κ3) is 1.64. The van der Waals surface area contributed by atoms with Crippen molar-refractivity contribution in [3.63, 3.8) is 0 Å². The summed E-state index contributed by atoms with van der Waals surface area (Å²) in [5.74, 6) is -0.687. The van der Waals surface area contributed by atoms with Crippen LogP contribution in [-0.4, -0.2) is 35.0 Å². The number of hydrogen-bond acceptors (Lipinski definition) is 3. The lowest BCUT2D eigenvalue weighted by Gasteiger charge is -2.37. The van der Waals surface area contributed by atoms with Crippen LogP contribution < -0.4 is 0 Å². The van der Waals surface area contributed by atoms with E-state index in [4.69, 9.17) is 4.74 Å². The van der Waals surface area contributed by atoms with Gasteiger partial charge in [0, 0.05) is 12.5 Å². The van der Waals surface area contributed by atoms with Crippen LogP contribution in [0.5, 0.6) is 0 Å². The number of hydrogen-bond donors (Lipinski definition) is 2. The Hall–Kier alpha value is -0.610. The van der Waals surface area contributed by atoms with E-state index in [1.807, 2.05) is 6.92 Å². The molecule has 2 N–H and O–H groups in total. The second-order valence-corrected chi connectivity index (χ2v) is 5.25. The summed E-state index contributed by atoms with van der Waals surface area (Å²) in [5, 5.41) is 19.2. The molecule has 2 rings (SSSR count). The molecular weight excluding hydrogens is 208 g/mol. The van der Waals surface area contributed by atoms with E-state index < -0.39 is 17.5 Å². The van der Waals surface area contributed by atoms with Crippen molar-refractivity contribution >= 4 is 5.97 Å². The second kappa shape index (κ2) is 4.00. The first-order chi connectivity index (χ1) is 7.50. The van der Waals surface area contributed by atoms with E-state index in [0.717, 1.165) is 12.8 Å². The standard InChI is InChI=1S/C12H20O4/c1-7(8(2)13)12(11(14)15)5-6-16-10(12)9-3-4-9/h7-10,13H,3-6H2,1-2H3,(H,14,15). The number of aliphatic carboxylic acids is 1. The summed E-state index contributed by atoms with van der Waals surface area (Å²) in [7, 11) is 0. The number of aliphatic hydroxyl groups excluding tert-OH is 1. The van der Waals surface area contributed by atoms with Gasteiger partial charge in [0.05, 0.1) is 12.2 Å². The van der Waals surface area contributed by atoms with E-state index in [1.54, 1.807) is 6.92 Å². The number of rotatable bonds is 4. The number of carboxylic acid groups (broad SMARTS) is 1. The maximum atomic E-state index is 11.6. The molecule has 0 aromatic carbocycles. The Bertz CT molecular complexity index is 285. The topological polar surface area (TPSA) is 66.8 Å². The minimum Gasteiger partial charge on any atom is -0.481 e. The fourth-order valence-corrected chi connectivity index (χ4v) is 2.94. The summed E-state index contributed by atoms with van der Waals surface area (Å²) < 4.78 is 5.63. The molecule has 0 aromatic heterocycles. The summed E-state index contributed by atoms with van der Waals surface area (Å²) >= 11 is 0. The maximum Gasteiger partial charge on any atom is 0.312 e. The van der Waals surface area contributed by atoms with Gasteiger partial charge in [-0.05, 0) is 32.1 Å². The smallest absolute Gasteiger partial charge is 0.312 e. The first-order valence-electron chi connectivity index (χ1n) is 6.03. The lowest BCUT2D eigenvalue weighted by molar-refractivity contribution is -0.161. The predicted molar refractivity (Wildman–Crippen MR) is 58.0 cm³/mol. The SMILES string of the molecule is CC(O)C(C)C1(C(=O)O)CCOC1C1CC1. The molecular formula is C12H20O4. The summed E-state index contributed by atoms with van der Waals surface area (Å²) in [5.41, 5.74) is -0.880. The van der Waals surface area contributed by atoms with Gasteiger partial charge in [0.25, 0.3) is 0 Å². The highest BCUT2D eigenvalue weighted by Gasteiger charge is 2.59. The zero-order chi connectivity index (χ0) is 11.9. The van der Waals surface area contributed by atoms with Crippen molar-refractivity contribution in [3.8, 4) is 0 Å². The van der Waals surface area contributed by atoms with Crippen molar-refractivity contribution in [1.29, 1.82) is 0 Å². The van der Waals surface area contributed by atoms with Crippen molar-refractivity contribution in [2.75, 3.05) is 6.61 Å². The van der Waals surface area contributed by atoms with Crippen LogP contribution in [0.2, 0.25) is 0 Å². The Kier molecular flexibility index (Phi) is 2.97. The molecule has 1 aliphatic carbocycles. The highest BCUT2D eigenvalue weighted by molar-refractivity contribution is 5.76. The molecule has 1 saturated carbocycles. The van der Waals surface area contributed by atoms with E-state index in [2.05, 4.69) is 0 Å². The van der Waals surface area contributed by atoms with Crippen LogP contribution >= 0.6 is 0 Å². The van der Waals surface area contributed by atoms with Gasteiger partial charge in [-0.25, -0.2) is 0 Å². The minimum atomic E-state index is -0.880. The lowest BCUT2D eigenvalue weighted by atomic mass is 9.68. The van der Waals surface area contributed by atoms with Gasteiger partial charge < -0.3 is 14.9 Å². The molecule has 0 aromatic rings. The Morgan fingerprint density at radius 3 is 2.50 bits per heavy atom. The molecule has 2 aliphatic rings. The van der Waals surface area contributed by atoms with Crippen LogP contribution in [0.25, 0.3) is 0 Å². The molecule has 0 spiro atoms. The molecule has 0 amide bonds. The highest BCUT2D eigenvalue weighted by atomic mass is 16.5. The molecule has 4 unspecified atom stereocenters. The van der Waals surface area contributed by atoms with Crippen LogP contribution in [0.3, 0.4) is 0 Å². The van der Waals surface area contributed by atoms with E-state index in [-0.39, 0.29) is 12.0 Å². The molecule has 2 fully saturated rings. The van der Waals surface area contributed by atoms with Crippen LogP contribution in [0, 0.1) is 17.3 Å². The van der Waals surface area contributed by atoms with Gasteiger partial charge in [-0.15, -0.1) is 0 Å². The van der Waals surface area contributed by atoms with E-state index in [9.17, 15) is 15.0 Å². The molecule has 4 nitrogen and oxygen atoms in total. The van der Waals surface area contributed by atoms with Crippen molar-refractivity contribution in [1.82, 2.24) is 0 Å². The van der Waals surface area contributed by atoms with Crippen LogP contribution in [0.1, 0.15) is 33.1 Å². The zero-order valence-corrected chi connectivity index (χ0v) is 9.85. The molecule has 0 radical (unpaired) electrons. The number of carbonyl (C=O) groups is 1. The number of aliphatic hydroxyl groups is 1. The van der Waals surface area contributed by atoms with Gasteiger partial charge >= 0.3 is 5.97 Å². The molecule has 1 aliphatic heterocycles. The van der Waals surface area contributed by atoms with E-state index >= 15 is 0 Å². The van der Waals surface area contributed by atoms with E-state index in [0.29, 0.717) is 18.9 Å². The van der Waals surface area contributed by atoms with Crippen LogP contribution in [0.15, 0.2) is 0 Å². The first-order valence-corrected chi connectivity index (χ1v) is 6.03. The Morgan fingerprint density at radius 2 is 2.06 bits per heavy atom. The third-order valence-electron chi connectivity index (χ3n) is 4.31. The first kappa shape index (κ1) is 11.9. The Labute approximate surface area is 95.6 Å². The number of ether oxygens (including phenoxy) is 1. The lowest BCUT2D eigenvalue weighted by Crippen LogP contribution is -2.48. The molecule has 16 heavy (non-hydrogen) atoms.